The molecule has 0 amide bonds. The van der Waals surface area contributed by atoms with Gasteiger partial charge in [-0.15, -0.1) is 0 Å². The van der Waals surface area contributed by atoms with Crippen LogP contribution in [0.4, 0.5) is 11.8 Å². The Labute approximate surface area is 177 Å². The maximum Gasteiger partial charge on any atom is 0.223 e. The van der Waals surface area contributed by atoms with Gasteiger partial charge in [0.2, 0.25) is 16.0 Å². The zero-order valence-corrected chi connectivity index (χ0v) is 18.5. The van der Waals surface area contributed by atoms with E-state index in [-0.39, 0.29) is 12.1 Å². The predicted molar refractivity (Wildman–Crippen MR) is 117 cm³/mol. The largest absolute Gasteiger partial charge is 0.388 e. The second kappa shape index (κ2) is 7.90. The van der Waals surface area contributed by atoms with Crippen molar-refractivity contribution in [2.45, 2.75) is 63.6 Å². The Bertz CT molecular complexity index is 1030. The first kappa shape index (κ1) is 21.2. The lowest BCUT2D eigenvalue weighted by Gasteiger charge is -2.30. The fourth-order valence-electron chi connectivity index (χ4n) is 4.40. The van der Waals surface area contributed by atoms with E-state index in [4.69, 9.17) is 4.98 Å². The van der Waals surface area contributed by atoms with E-state index < -0.39 is 15.6 Å². The number of nitrogens with zero attached hydrogens (tertiary/aromatic N) is 4. The summed E-state index contributed by atoms with van der Waals surface area (Å²) in [6.45, 7) is 4.78. The minimum Gasteiger partial charge on any atom is -0.388 e. The summed E-state index contributed by atoms with van der Waals surface area (Å²) in [7, 11) is -3.14. The molecule has 3 heterocycles. The minimum absolute atomic E-state index is 0.0679. The van der Waals surface area contributed by atoms with Crippen LogP contribution < -0.4 is 10.6 Å². The molecule has 2 aromatic heterocycles. The van der Waals surface area contributed by atoms with Crippen molar-refractivity contribution in [3.63, 3.8) is 0 Å². The molecule has 2 unspecified atom stereocenters. The van der Waals surface area contributed by atoms with Gasteiger partial charge >= 0.3 is 0 Å². The predicted octanol–water partition coefficient (Wildman–Crippen LogP) is 1.88. The lowest BCUT2D eigenvalue weighted by molar-refractivity contribution is 0.0578. The molecule has 0 spiro atoms. The zero-order valence-electron chi connectivity index (χ0n) is 17.7. The van der Waals surface area contributed by atoms with Crippen LogP contribution in [-0.2, 0) is 10.0 Å². The Kier molecular flexibility index (Phi) is 5.58. The second-order valence-electron chi connectivity index (χ2n) is 8.77. The van der Waals surface area contributed by atoms with E-state index in [9.17, 15) is 13.5 Å². The molecule has 1 saturated carbocycles. The molecule has 0 bridgehead atoms. The van der Waals surface area contributed by atoms with Crippen molar-refractivity contribution >= 4 is 32.7 Å². The van der Waals surface area contributed by atoms with E-state index in [1.807, 2.05) is 19.9 Å². The molecule has 30 heavy (non-hydrogen) atoms. The number of sulfonamides is 1. The Morgan fingerprint density at radius 1 is 1.20 bits per heavy atom. The van der Waals surface area contributed by atoms with Crippen LogP contribution in [0.5, 0.6) is 0 Å². The number of rotatable bonds is 5. The molecule has 0 radical (unpaired) electrons. The first-order valence-electron chi connectivity index (χ1n) is 10.5. The summed E-state index contributed by atoms with van der Waals surface area (Å²) in [4.78, 5) is 13.8. The van der Waals surface area contributed by atoms with E-state index in [0.29, 0.717) is 37.7 Å². The smallest absolute Gasteiger partial charge is 0.223 e. The van der Waals surface area contributed by atoms with Crippen LogP contribution in [0.15, 0.2) is 12.3 Å². The molecule has 1 aliphatic carbocycles. The molecule has 0 aromatic carbocycles. The number of anilines is 2. The van der Waals surface area contributed by atoms with Crippen molar-refractivity contribution in [2.75, 3.05) is 30.0 Å². The Hall–Kier alpha value is -2.04. The maximum absolute atomic E-state index is 11.7. The number of aromatic nitrogens is 3. The lowest BCUT2D eigenvalue weighted by Crippen LogP contribution is -2.42. The van der Waals surface area contributed by atoms with Crippen LogP contribution in [0.1, 0.15) is 44.7 Å². The molecule has 4 rings (SSSR count). The van der Waals surface area contributed by atoms with Crippen molar-refractivity contribution in [3.8, 4) is 0 Å². The highest BCUT2D eigenvalue weighted by Gasteiger charge is 2.37. The van der Waals surface area contributed by atoms with Gasteiger partial charge in [-0.25, -0.2) is 27.7 Å². The topological polar surface area (TPSA) is 120 Å². The summed E-state index contributed by atoms with van der Waals surface area (Å²) >= 11 is 0. The highest BCUT2D eigenvalue weighted by atomic mass is 32.2. The van der Waals surface area contributed by atoms with Crippen molar-refractivity contribution < 1.29 is 13.5 Å². The number of fused-ring (bicyclic) bond motifs is 1. The van der Waals surface area contributed by atoms with Crippen molar-refractivity contribution in [3.05, 3.63) is 18.0 Å². The maximum atomic E-state index is 11.7. The van der Waals surface area contributed by atoms with Gasteiger partial charge in [-0.05, 0) is 52.0 Å². The summed E-state index contributed by atoms with van der Waals surface area (Å²) in [6.07, 6.45) is 7.07. The molecule has 2 aliphatic rings. The van der Waals surface area contributed by atoms with Crippen molar-refractivity contribution in [1.29, 1.82) is 0 Å². The molecule has 164 valence electrons. The third-order valence-corrected chi connectivity index (χ3v) is 7.49. The van der Waals surface area contributed by atoms with E-state index in [0.717, 1.165) is 35.9 Å². The lowest BCUT2D eigenvalue weighted by atomic mass is 10.0. The van der Waals surface area contributed by atoms with Crippen LogP contribution >= 0.6 is 0 Å². The molecule has 9 nitrogen and oxygen atoms in total. The van der Waals surface area contributed by atoms with Crippen LogP contribution in [0, 0.1) is 6.92 Å². The average Bonchev–Trinajstić information content (AvgIpc) is 3.00. The summed E-state index contributed by atoms with van der Waals surface area (Å²) in [5.41, 5.74) is 0.814. The normalized spacial score (nSPS) is 26.2. The van der Waals surface area contributed by atoms with E-state index in [1.54, 1.807) is 6.20 Å². The van der Waals surface area contributed by atoms with Crippen LogP contribution in [-0.4, -0.2) is 69.8 Å². The first-order chi connectivity index (χ1) is 14.1. The number of piperidine rings is 1. The van der Waals surface area contributed by atoms with Crippen LogP contribution in [0.2, 0.25) is 0 Å². The van der Waals surface area contributed by atoms with Crippen molar-refractivity contribution in [1.82, 2.24) is 19.3 Å². The van der Waals surface area contributed by atoms with Gasteiger partial charge < -0.3 is 15.7 Å². The van der Waals surface area contributed by atoms with Crippen LogP contribution in [0.25, 0.3) is 10.9 Å². The summed E-state index contributed by atoms with van der Waals surface area (Å²) in [5, 5.41) is 18.3. The Morgan fingerprint density at radius 2 is 1.93 bits per heavy atom. The molecule has 2 atom stereocenters. The van der Waals surface area contributed by atoms with Gasteiger partial charge in [0.25, 0.3) is 0 Å². The summed E-state index contributed by atoms with van der Waals surface area (Å²) in [5.74, 6) is 1.17. The summed E-state index contributed by atoms with van der Waals surface area (Å²) < 4.78 is 24.9. The highest BCUT2D eigenvalue weighted by molar-refractivity contribution is 7.88. The third kappa shape index (κ3) is 4.50. The van der Waals surface area contributed by atoms with Gasteiger partial charge in [-0.2, -0.15) is 0 Å². The summed E-state index contributed by atoms with van der Waals surface area (Å²) in [6, 6.07) is 1.99. The van der Waals surface area contributed by atoms with Crippen LogP contribution in [0.3, 0.4) is 0 Å². The standard InChI is InChI=1S/C20H30N6O3S/c1-13-11-14-12-21-19(23-15-6-9-26(10-7-15)30(3,28)29)25-17(14)18(22-13)24-16-5-4-8-20(16,2)27/h11-12,15-16,27H,4-10H2,1-3H3,(H,22,24)(H,21,23,25). The van der Waals surface area contributed by atoms with E-state index in [1.165, 1.54) is 10.6 Å². The van der Waals surface area contributed by atoms with E-state index in [2.05, 4.69) is 20.6 Å². The monoisotopic (exact) mass is 434 g/mol. The average molecular weight is 435 g/mol. The van der Waals surface area contributed by atoms with E-state index >= 15 is 0 Å². The number of aliphatic hydroxyl groups is 1. The van der Waals surface area contributed by atoms with Gasteiger partial charge in [-0.3, -0.25) is 0 Å². The Balaban J connectivity index is 1.54. The van der Waals surface area contributed by atoms with Gasteiger partial charge in [0.05, 0.1) is 17.9 Å². The van der Waals surface area contributed by atoms with Gasteiger partial charge in [-0.1, -0.05) is 0 Å². The quantitative estimate of drug-likeness (QED) is 0.652. The molecule has 10 heteroatoms. The number of nitrogens with one attached hydrogen (secondary N) is 2. The molecule has 2 fully saturated rings. The van der Waals surface area contributed by atoms with Gasteiger partial charge in [0.1, 0.15) is 5.52 Å². The molecule has 1 saturated heterocycles. The zero-order chi connectivity index (χ0) is 21.5. The third-order valence-electron chi connectivity index (χ3n) is 6.19. The van der Waals surface area contributed by atoms with Gasteiger partial charge in [0, 0.05) is 36.4 Å². The van der Waals surface area contributed by atoms with Crippen molar-refractivity contribution in [2.24, 2.45) is 0 Å². The Morgan fingerprint density at radius 3 is 2.57 bits per heavy atom. The number of hydrogen-bond acceptors (Lipinski definition) is 8. The highest BCUT2D eigenvalue weighted by Crippen LogP contribution is 2.33. The first-order valence-corrected chi connectivity index (χ1v) is 12.3. The second-order valence-corrected chi connectivity index (χ2v) is 10.8. The minimum atomic E-state index is -3.14. The number of hydrogen-bond donors (Lipinski definition) is 3. The fourth-order valence-corrected chi connectivity index (χ4v) is 5.27. The molecular weight excluding hydrogens is 404 g/mol. The van der Waals surface area contributed by atoms with Gasteiger partial charge in [0.15, 0.2) is 5.82 Å². The number of pyridine rings is 1. The fraction of sp³-hybridized carbons (Fsp3) is 0.650. The number of aryl methyl sites for hydroxylation is 1. The molecule has 2 aromatic rings. The SMILES string of the molecule is Cc1cc2cnc(NC3CCN(S(C)(=O)=O)CC3)nc2c(NC2CCCC2(C)O)n1. The molecule has 3 N–H and O–H groups in total. The molecular formula is C20H30N6O3S. The molecule has 1 aliphatic heterocycles.